The van der Waals surface area contributed by atoms with Crippen LogP contribution in [-0.4, -0.2) is 10.2 Å². The van der Waals surface area contributed by atoms with Gasteiger partial charge < -0.3 is 4.74 Å². The van der Waals surface area contributed by atoms with Crippen molar-refractivity contribution >= 4 is 11.6 Å². The third-order valence-corrected chi connectivity index (χ3v) is 2.35. The number of H-pyrrole nitrogens is 1. The average molecular weight is 237 g/mol. The van der Waals surface area contributed by atoms with Crippen LogP contribution in [0, 0.1) is 6.92 Å². The molecule has 1 N–H and O–H groups in total. The number of para-hydroxylation sites is 1. The standard InChI is InChI=1S/C11H9ClN2O2/c1-7-4-2-3-5-9(7)16-11-10(15)8(12)6-13-14-11/h2-6H,1H3,(H,13,15). The van der Waals surface area contributed by atoms with Gasteiger partial charge in [-0.1, -0.05) is 29.8 Å². The van der Waals surface area contributed by atoms with Gasteiger partial charge in [-0.05, 0) is 18.6 Å². The Morgan fingerprint density at radius 3 is 2.88 bits per heavy atom. The summed E-state index contributed by atoms with van der Waals surface area (Å²) < 4.78 is 5.38. The molecule has 0 saturated carbocycles. The van der Waals surface area contributed by atoms with E-state index in [2.05, 4.69) is 10.2 Å². The lowest BCUT2D eigenvalue weighted by Gasteiger charge is -2.05. The number of aromatic nitrogens is 2. The SMILES string of the molecule is Cc1ccccc1Oc1n[nH]cc(Cl)c1=O. The Morgan fingerprint density at radius 2 is 2.12 bits per heavy atom. The highest BCUT2D eigenvalue weighted by Gasteiger charge is 2.08. The molecule has 0 aliphatic heterocycles. The first-order chi connectivity index (χ1) is 7.68. The van der Waals surface area contributed by atoms with Gasteiger partial charge in [-0.25, -0.2) is 0 Å². The fraction of sp³-hybridized carbons (Fsp3) is 0.0909. The summed E-state index contributed by atoms with van der Waals surface area (Å²) in [5, 5.41) is 6.29. The number of halogens is 1. The molecule has 0 fully saturated rings. The minimum Gasteiger partial charge on any atom is -0.434 e. The Balaban J connectivity index is 2.39. The molecule has 16 heavy (non-hydrogen) atoms. The van der Waals surface area contributed by atoms with E-state index < -0.39 is 5.43 Å². The summed E-state index contributed by atoms with van der Waals surface area (Å²) in [5.74, 6) is 0.532. The first-order valence-electron chi connectivity index (χ1n) is 4.65. The number of hydrogen-bond acceptors (Lipinski definition) is 3. The third kappa shape index (κ3) is 2.06. The molecule has 1 aromatic carbocycles. The van der Waals surface area contributed by atoms with Crippen molar-refractivity contribution in [3.8, 4) is 11.6 Å². The van der Waals surface area contributed by atoms with Gasteiger partial charge in [0.25, 0.3) is 11.3 Å². The Hall–Kier alpha value is -1.81. The van der Waals surface area contributed by atoms with Crippen molar-refractivity contribution in [3.05, 3.63) is 51.3 Å². The van der Waals surface area contributed by atoms with Gasteiger partial charge in [-0.2, -0.15) is 0 Å². The number of hydrogen-bond donors (Lipinski definition) is 1. The highest BCUT2D eigenvalue weighted by atomic mass is 35.5. The van der Waals surface area contributed by atoms with E-state index in [0.29, 0.717) is 5.75 Å². The molecule has 1 aromatic heterocycles. The molecule has 2 aromatic rings. The number of ether oxygens (including phenoxy) is 1. The van der Waals surface area contributed by atoms with Gasteiger partial charge in [0.15, 0.2) is 0 Å². The van der Waals surface area contributed by atoms with Gasteiger partial charge in [0, 0.05) is 6.20 Å². The smallest absolute Gasteiger partial charge is 0.286 e. The fourth-order valence-electron chi connectivity index (χ4n) is 1.21. The molecule has 0 atom stereocenters. The zero-order valence-corrected chi connectivity index (χ0v) is 9.28. The molecule has 4 nitrogen and oxygen atoms in total. The second-order valence-corrected chi connectivity index (χ2v) is 3.64. The number of nitrogens with zero attached hydrogens (tertiary/aromatic N) is 1. The van der Waals surface area contributed by atoms with Crippen LogP contribution in [0.4, 0.5) is 0 Å². The summed E-state index contributed by atoms with van der Waals surface area (Å²) >= 11 is 5.66. The lowest BCUT2D eigenvalue weighted by molar-refractivity contribution is 0.447. The normalized spacial score (nSPS) is 10.1. The van der Waals surface area contributed by atoms with Crippen LogP contribution in [0.2, 0.25) is 5.02 Å². The zero-order valence-electron chi connectivity index (χ0n) is 8.53. The number of nitrogens with one attached hydrogen (secondary N) is 1. The van der Waals surface area contributed by atoms with Crippen LogP contribution in [0.1, 0.15) is 5.56 Å². The number of rotatable bonds is 2. The van der Waals surface area contributed by atoms with E-state index >= 15 is 0 Å². The lowest BCUT2D eigenvalue weighted by atomic mass is 10.2. The molecule has 0 bridgehead atoms. The largest absolute Gasteiger partial charge is 0.434 e. The van der Waals surface area contributed by atoms with Gasteiger partial charge in [0.1, 0.15) is 10.8 Å². The van der Waals surface area contributed by atoms with Gasteiger partial charge >= 0.3 is 0 Å². The third-order valence-electron chi connectivity index (χ3n) is 2.07. The molecule has 0 amide bonds. The Kier molecular flexibility index (Phi) is 2.92. The van der Waals surface area contributed by atoms with Gasteiger partial charge in [-0.15, -0.1) is 5.10 Å². The second-order valence-electron chi connectivity index (χ2n) is 3.24. The number of aromatic amines is 1. The minimum atomic E-state index is -0.427. The van der Waals surface area contributed by atoms with Crippen molar-refractivity contribution in [3.63, 3.8) is 0 Å². The van der Waals surface area contributed by atoms with Gasteiger partial charge in [-0.3, -0.25) is 9.89 Å². The molecule has 1 heterocycles. The number of aryl methyl sites for hydroxylation is 1. The Bertz CT molecular complexity index is 566. The molecular formula is C11H9ClN2O2. The van der Waals surface area contributed by atoms with Crippen LogP contribution in [0.15, 0.2) is 35.3 Å². The molecule has 0 spiro atoms. The predicted molar refractivity (Wildman–Crippen MR) is 61.1 cm³/mol. The first kappa shape index (κ1) is 10.7. The van der Waals surface area contributed by atoms with Crippen LogP contribution in [0.5, 0.6) is 11.6 Å². The van der Waals surface area contributed by atoms with Crippen LogP contribution in [0.3, 0.4) is 0 Å². The summed E-state index contributed by atoms with van der Waals surface area (Å²) in [4.78, 5) is 11.5. The summed E-state index contributed by atoms with van der Waals surface area (Å²) in [6.07, 6.45) is 1.31. The highest BCUT2D eigenvalue weighted by molar-refractivity contribution is 6.30. The fourth-order valence-corrected chi connectivity index (χ4v) is 1.34. The van der Waals surface area contributed by atoms with Crippen molar-refractivity contribution in [1.82, 2.24) is 10.2 Å². The summed E-state index contributed by atoms with van der Waals surface area (Å²) in [6, 6.07) is 7.35. The van der Waals surface area contributed by atoms with E-state index in [0.717, 1.165) is 5.56 Å². The van der Waals surface area contributed by atoms with Crippen molar-refractivity contribution in [1.29, 1.82) is 0 Å². The maximum atomic E-state index is 11.5. The van der Waals surface area contributed by atoms with E-state index in [1.165, 1.54) is 6.20 Å². The summed E-state index contributed by atoms with van der Waals surface area (Å²) in [5.41, 5.74) is 0.493. The Labute approximate surface area is 96.8 Å². The van der Waals surface area contributed by atoms with Crippen LogP contribution in [0.25, 0.3) is 0 Å². The second kappa shape index (κ2) is 4.37. The summed E-state index contributed by atoms with van der Waals surface area (Å²) in [6.45, 7) is 1.88. The molecular weight excluding hydrogens is 228 g/mol. The zero-order chi connectivity index (χ0) is 11.5. The van der Waals surface area contributed by atoms with Crippen LogP contribution < -0.4 is 10.2 Å². The van der Waals surface area contributed by atoms with Gasteiger partial charge in [0.05, 0.1) is 0 Å². The lowest BCUT2D eigenvalue weighted by Crippen LogP contribution is -2.08. The minimum absolute atomic E-state index is 0.0539. The van der Waals surface area contributed by atoms with E-state index in [1.807, 2.05) is 25.1 Å². The van der Waals surface area contributed by atoms with E-state index in [9.17, 15) is 4.79 Å². The maximum absolute atomic E-state index is 11.5. The molecule has 2 rings (SSSR count). The predicted octanol–water partition coefficient (Wildman–Crippen LogP) is 2.52. The molecule has 0 saturated heterocycles. The monoisotopic (exact) mass is 236 g/mol. The first-order valence-corrected chi connectivity index (χ1v) is 5.03. The summed E-state index contributed by atoms with van der Waals surface area (Å²) in [7, 11) is 0. The van der Waals surface area contributed by atoms with Gasteiger partial charge in [0.2, 0.25) is 0 Å². The van der Waals surface area contributed by atoms with E-state index in [1.54, 1.807) is 6.07 Å². The van der Waals surface area contributed by atoms with Crippen LogP contribution >= 0.6 is 11.6 Å². The van der Waals surface area contributed by atoms with Crippen molar-refractivity contribution < 1.29 is 4.74 Å². The van der Waals surface area contributed by atoms with E-state index in [-0.39, 0.29) is 10.9 Å². The molecule has 0 radical (unpaired) electrons. The average Bonchev–Trinajstić information content (AvgIpc) is 2.28. The van der Waals surface area contributed by atoms with Crippen LogP contribution in [-0.2, 0) is 0 Å². The molecule has 0 aliphatic carbocycles. The van der Waals surface area contributed by atoms with E-state index in [4.69, 9.17) is 16.3 Å². The molecule has 5 heteroatoms. The molecule has 0 aliphatic rings. The van der Waals surface area contributed by atoms with Crippen molar-refractivity contribution in [2.45, 2.75) is 6.92 Å². The van der Waals surface area contributed by atoms with Crippen molar-refractivity contribution in [2.75, 3.05) is 0 Å². The highest BCUT2D eigenvalue weighted by Crippen LogP contribution is 2.20. The van der Waals surface area contributed by atoms with Crippen molar-refractivity contribution in [2.24, 2.45) is 0 Å². The molecule has 82 valence electrons. The maximum Gasteiger partial charge on any atom is 0.286 e. The Morgan fingerprint density at radius 1 is 1.38 bits per heavy atom. The topological polar surface area (TPSA) is 55.0 Å². The number of benzene rings is 1. The quantitative estimate of drug-likeness (QED) is 0.872. The molecule has 0 unspecified atom stereocenters.